The number of rotatable bonds is 2. The first kappa shape index (κ1) is 17.8. The molecule has 2 aromatic carbocycles. The number of carbonyl (C=O) groups excluding carboxylic acids is 2. The van der Waals surface area contributed by atoms with Gasteiger partial charge in [-0.25, -0.2) is 0 Å². The summed E-state index contributed by atoms with van der Waals surface area (Å²) in [4.78, 5) is 22.0. The second-order valence-electron chi connectivity index (χ2n) is 5.75. The number of ketones is 2. The first-order valence-electron chi connectivity index (χ1n) is 7.38. The first-order chi connectivity index (χ1) is 10.2. The largest absolute Gasteiger partial charge is 0.295 e. The highest BCUT2D eigenvalue weighted by Gasteiger charge is 2.02. The normalized spacial score (nSPS) is 9.73. The van der Waals surface area contributed by atoms with Gasteiger partial charge in [-0.15, -0.1) is 0 Å². The second-order valence-corrected chi connectivity index (χ2v) is 5.75. The molecule has 0 saturated carbocycles. The summed E-state index contributed by atoms with van der Waals surface area (Å²) in [6, 6.07) is 11.8. The van der Waals surface area contributed by atoms with Gasteiger partial charge in [0, 0.05) is 11.1 Å². The van der Waals surface area contributed by atoms with Gasteiger partial charge in [0.15, 0.2) is 11.6 Å². The summed E-state index contributed by atoms with van der Waals surface area (Å²) >= 11 is 0. The molecule has 2 heteroatoms. The van der Waals surface area contributed by atoms with Crippen molar-refractivity contribution in [3.63, 3.8) is 0 Å². The predicted molar refractivity (Wildman–Crippen MR) is 91.8 cm³/mol. The van der Waals surface area contributed by atoms with E-state index in [-0.39, 0.29) is 11.6 Å². The third-order valence-corrected chi connectivity index (χ3v) is 3.54. The van der Waals surface area contributed by atoms with Gasteiger partial charge in [0.25, 0.3) is 0 Å². The van der Waals surface area contributed by atoms with Gasteiger partial charge in [-0.05, 0) is 64.8 Å². The minimum atomic E-state index is 0.145. The van der Waals surface area contributed by atoms with Crippen molar-refractivity contribution in [2.24, 2.45) is 0 Å². The molecule has 116 valence electrons. The van der Waals surface area contributed by atoms with Gasteiger partial charge in [0.05, 0.1) is 0 Å². The summed E-state index contributed by atoms with van der Waals surface area (Å²) < 4.78 is 0. The lowest BCUT2D eigenvalue weighted by atomic mass is 10.0. The molecule has 0 atom stereocenters. The van der Waals surface area contributed by atoms with Crippen LogP contribution in [-0.2, 0) is 0 Å². The third kappa shape index (κ3) is 4.96. The van der Waals surface area contributed by atoms with Gasteiger partial charge in [-0.3, -0.25) is 9.59 Å². The lowest BCUT2D eigenvalue weighted by Gasteiger charge is -2.01. The van der Waals surface area contributed by atoms with Gasteiger partial charge < -0.3 is 0 Å². The highest BCUT2D eigenvalue weighted by atomic mass is 16.1. The maximum Gasteiger partial charge on any atom is 0.160 e. The average molecular weight is 296 g/mol. The Balaban J connectivity index is 0.000000220. The zero-order valence-corrected chi connectivity index (χ0v) is 14.3. The van der Waals surface area contributed by atoms with Crippen molar-refractivity contribution >= 4 is 11.6 Å². The van der Waals surface area contributed by atoms with Gasteiger partial charge in [0.2, 0.25) is 0 Å². The highest BCUT2D eigenvalue weighted by molar-refractivity contribution is 5.96. The van der Waals surface area contributed by atoms with Crippen molar-refractivity contribution in [3.05, 3.63) is 69.8 Å². The fourth-order valence-electron chi connectivity index (χ4n) is 2.23. The molecule has 0 aliphatic carbocycles. The maximum absolute atomic E-state index is 11.0. The average Bonchev–Trinajstić information content (AvgIpc) is 2.44. The Kier molecular flexibility index (Phi) is 6.24. The molecule has 0 aliphatic rings. The molecule has 0 heterocycles. The van der Waals surface area contributed by atoms with Crippen LogP contribution in [0.1, 0.15) is 56.8 Å². The van der Waals surface area contributed by atoms with E-state index in [1.165, 1.54) is 0 Å². The summed E-state index contributed by atoms with van der Waals surface area (Å²) in [5.74, 6) is 0.289. The molecule has 2 rings (SSSR count). The summed E-state index contributed by atoms with van der Waals surface area (Å²) in [6.07, 6.45) is 0. The molecule has 22 heavy (non-hydrogen) atoms. The minimum Gasteiger partial charge on any atom is -0.295 e. The molecule has 0 spiro atoms. The van der Waals surface area contributed by atoms with Crippen molar-refractivity contribution in [2.75, 3.05) is 0 Å². The SMILES string of the molecule is CC(=O)c1cc(C)ccc1C.CC(=O)c1cc(C)ccc1C. The zero-order valence-electron chi connectivity index (χ0n) is 14.3. The minimum absolute atomic E-state index is 0.145. The third-order valence-electron chi connectivity index (χ3n) is 3.54. The maximum atomic E-state index is 11.0. The molecular weight excluding hydrogens is 272 g/mol. The van der Waals surface area contributed by atoms with E-state index >= 15 is 0 Å². The Bertz CT molecular complexity index is 635. The molecule has 0 fully saturated rings. The summed E-state index contributed by atoms with van der Waals surface area (Å²) in [6.45, 7) is 11.1. The Morgan fingerprint density at radius 1 is 0.636 bits per heavy atom. The van der Waals surface area contributed by atoms with Gasteiger partial charge >= 0.3 is 0 Å². The monoisotopic (exact) mass is 296 g/mol. The van der Waals surface area contributed by atoms with Gasteiger partial charge in [0.1, 0.15) is 0 Å². The standard InChI is InChI=1S/2C10H12O/c2*1-7-4-5-8(2)10(6-7)9(3)11/h2*4-6H,1-3H3. The first-order valence-corrected chi connectivity index (χ1v) is 7.38. The van der Waals surface area contributed by atoms with Crippen LogP contribution in [0.25, 0.3) is 0 Å². The van der Waals surface area contributed by atoms with Crippen LogP contribution >= 0.6 is 0 Å². The molecule has 2 aromatic rings. The predicted octanol–water partition coefficient (Wildman–Crippen LogP) is 5.01. The molecule has 0 saturated heterocycles. The van der Waals surface area contributed by atoms with Crippen LogP contribution < -0.4 is 0 Å². The Morgan fingerprint density at radius 2 is 0.955 bits per heavy atom. The van der Waals surface area contributed by atoms with E-state index in [9.17, 15) is 9.59 Å². The summed E-state index contributed by atoms with van der Waals surface area (Å²) in [5.41, 5.74) is 6.07. The molecular formula is C20H24O2. The van der Waals surface area contributed by atoms with Crippen LogP contribution in [0, 0.1) is 27.7 Å². The van der Waals surface area contributed by atoms with E-state index in [0.717, 1.165) is 33.4 Å². The van der Waals surface area contributed by atoms with Crippen LogP contribution in [0.15, 0.2) is 36.4 Å². The van der Waals surface area contributed by atoms with E-state index in [1.54, 1.807) is 13.8 Å². The Hall–Kier alpha value is -2.22. The molecule has 0 aromatic heterocycles. The molecule has 0 aliphatic heterocycles. The van der Waals surface area contributed by atoms with E-state index in [0.29, 0.717) is 0 Å². The number of hydrogen-bond donors (Lipinski definition) is 0. The molecule has 2 nitrogen and oxygen atoms in total. The number of carbonyl (C=O) groups is 2. The quantitative estimate of drug-likeness (QED) is 0.730. The molecule has 0 amide bonds. The smallest absolute Gasteiger partial charge is 0.160 e. The van der Waals surface area contributed by atoms with E-state index in [2.05, 4.69) is 0 Å². The van der Waals surface area contributed by atoms with Crippen molar-refractivity contribution in [1.29, 1.82) is 0 Å². The number of benzene rings is 2. The topological polar surface area (TPSA) is 34.1 Å². The van der Waals surface area contributed by atoms with Crippen molar-refractivity contribution in [2.45, 2.75) is 41.5 Å². The van der Waals surface area contributed by atoms with Crippen LogP contribution in [0.4, 0.5) is 0 Å². The van der Waals surface area contributed by atoms with Gasteiger partial charge in [-0.1, -0.05) is 35.4 Å². The lowest BCUT2D eigenvalue weighted by Crippen LogP contribution is -1.95. The second kappa shape index (κ2) is 7.69. The number of Topliss-reactive ketones (excluding diaryl/α,β-unsaturated/α-hetero) is 2. The number of aryl methyl sites for hydroxylation is 4. The van der Waals surface area contributed by atoms with E-state index in [4.69, 9.17) is 0 Å². The van der Waals surface area contributed by atoms with Crippen molar-refractivity contribution < 1.29 is 9.59 Å². The lowest BCUT2D eigenvalue weighted by molar-refractivity contribution is 0.100. The zero-order chi connectivity index (χ0) is 16.9. The van der Waals surface area contributed by atoms with Gasteiger partial charge in [-0.2, -0.15) is 0 Å². The molecule has 0 unspecified atom stereocenters. The van der Waals surface area contributed by atoms with Crippen LogP contribution in [-0.4, -0.2) is 11.6 Å². The van der Waals surface area contributed by atoms with Crippen LogP contribution in [0.5, 0.6) is 0 Å². The summed E-state index contributed by atoms with van der Waals surface area (Å²) in [5, 5.41) is 0. The molecule has 0 bridgehead atoms. The van der Waals surface area contributed by atoms with E-state index in [1.807, 2.05) is 64.1 Å². The van der Waals surface area contributed by atoms with Crippen molar-refractivity contribution in [1.82, 2.24) is 0 Å². The Morgan fingerprint density at radius 3 is 1.18 bits per heavy atom. The highest BCUT2D eigenvalue weighted by Crippen LogP contribution is 2.11. The fourth-order valence-corrected chi connectivity index (χ4v) is 2.23. The van der Waals surface area contributed by atoms with E-state index < -0.39 is 0 Å². The molecule has 0 radical (unpaired) electrons. The fraction of sp³-hybridized carbons (Fsp3) is 0.300. The molecule has 0 N–H and O–H groups in total. The Labute approximate surface area is 133 Å². The van der Waals surface area contributed by atoms with Crippen molar-refractivity contribution in [3.8, 4) is 0 Å². The summed E-state index contributed by atoms with van der Waals surface area (Å²) in [7, 11) is 0. The number of hydrogen-bond acceptors (Lipinski definition) is 2. The van der Waals surface area contributed by atoms with Crippen LogP contribution in [0.2, 0.25) is 0 Å². The van der Waals surface area contributed by atoms with Crippen LogP contribution in [0.3, 0.4) is 0 Å².